The van der Waals surface area contributed by atoms with Crippen LogP contribution in [0.1, 0.15) is 59.2 Å². The van der Waals surface area contributed by atoms with Crippen LogP contribution in [-0.4, -0.2) is 30.8 Å². The molecule has 192 valence electrons. The Morgan fingerprint density at radius 2 is 1.92 bits per heavy atom. The van der Waals surface area contributed by atoms with Crippen LogP contribution in [0.25, 0.3) is 33.3 Å². The lowest BCUT2D eigenvalue weighted by molar-refractivity contribution is 0.0692. The summed E-state index contributed by atoms with van der Waals surface area (Å²) in [6, 6.07) is 12.3. The summed E-state index contributed by atoms with van der Waals surface area (Å²) in [4.78, 5) is 21.0. The molecule has 0 amide bonds. The highest BCUT2D eigenvalue weighted by Crippen LogP contribution is 2.42. The van der Waals surface area contributed by atoms with Crippen LogP contribution >= 0.6 is 0 Å². The molecular weight excluding hydrogens is 483 g/mol. The normalized spacial score (nSPS) is 14.8. The van der Waals surface area contributed by atoms with Gasteiger partial charge in [0.05, 0.1) is 34.0 Å². The van der Waals surface area contributed by atoms with E-state index in [0.29, 0.717) is 22.8 Å². The van der Waals surface area contributed by atoms with Crippen molar-refractivity contribution in [2.75, 3.05) is 0 Å². The Bertz CT molecular complexity index is 1630. The van der Waals surface area contributed by atoms with Gasteiger partial charge >= 0.3 is 5.97 Å². The van der Waals surface area contributed by atoms with Gasteiger partial charge in [0.2, 0.25) is 0 Å². The molecule has 0 aliphatic heterocycles. The van der Waals surface area contributed by atoms with Crippen LogP contribution in [-0.2, 0) is 0 Å². The van der Waals surface area contributed by atoms with Crippen molar-refractivity contribution in [3.63, 3.8) is 0 Å². The zero-order valence-corrected chi connectivity index (χ0v) is 21.2. The Hall–Kier alpha value is -4.33. The molecule has 4 heterocycles. The topological polar surface area (TPSA) is 94.0 Å². The number of hydrogen-bond donors (Lipinski definition) is 1. The molecule has 0 bridgehead atoms. The average molecular weight is 511 g/mol. The summed E-state index contributed by atoms with van der Waals surface area (Å²) in [7, 11) is 0. The lowest BCUT2D eigenvalue weighted by Gasteiger charge is -2.26. The standard InChI is InChI=1S/C30H27FN4O3/c1-17-27(18(2)38-34-17)21-14-26-28(33-15-21)23(20-10-11-22(30(36)37)24(31)13-20)16-35(26)29(19-7-3-4-8-19)25-9-5-6-12-32-25/h5-6,9-16,19,29H,3-4,7-8H2,1-2H3,(H,36,37). The van der Waals surface area contributed by atoms with E-state index in [-0.39, 0.29) is 11.6 Å². The highest BCUT2D eigenvalue weighted by Gasteiger charge is 2.31. The number of aromatic nitrogens is 4. The number of rotatable bonds is 6. The molecule has 1 saturated carbocycles. The molecule has 0 spiro atoms. The lowest BCUT2D eigenvalue weighted by atomic mass is 9.94. The maximum absolute atomic E-state index is 14.8. The first kappa shape index (κ1) is 24.0. The number of nitrogens with zero attached hydrogens (tertiary/aromatic N) is 4. The molecule has 1 aromatic carbocycles. The lowest BCUT2D eigenvalue weighted by Crippen LogP contribution is -2.19. The minimum absolute atomic E-state index is 0.0280. The molecule has 1 aliphatic rings. The maximum Gasteiger partial charge on any atom is 0.338 e. The Morgan fingerprint density at radius 1 is 1.11 bits per heavy atom. The van der Waals surface area contributed by atoms with Crippen LogP contribution in [0.2, 0.25) is 0 Å². The summed E-state index contributed by atoms with van der Waals surface area (Å²) < 4.78 is 22.4. The first-order valence-corrected chi connectivity index (χ1v) is 12.8. The molecule has 7 nitrogen and oxygen atoms in total. The number of hydrogen-bond acceptors (Lipinski definition) is 5. The van der Waals surface area contributed by atoms with Gasteiger partial charge < -0.3 is 14.2 Å². The zero-order chi connectivity index (χ0) is 26.4. The average Bonchev–Trinajstić information content (AvgIpc) is 3.65. The third-order valence-corrected chi connectivity index (χ3v) is 7.64. The van der Waals surface area contributed by atoms with E-state index in [1.807, 2.05) is 38.4 Å². The van der Waals surface area contributed by atoms with Crippen LogP contribution in [0.4, 0.5) is 4.39 Å². The Balaban J connectivity index is 1.61. The van der Waals surface area contributed by atoms with Gasteiger partial charge in [0.1, 0.15) is 11.6 Å². The number of fused-ring (bicyclic) bond motifs is 1. The van der Waals surface area contributed by atoms with Gasteiger partial charge in [-0.1, -0.05) is 30.1 Å². The Labute approximate surface area is 219 Å². The van der Waals surface area contributed by atoms with Crippen LogP contribution < -0.4 is 0 Å². The third kappa shape index (κ3) is 4.06. The summed E-state index contributed by atoms with van der Waals surface area (Å²) in [6.45, 7) is 3.79. The highest BCUT2D eigenvalue weighted by atomic mass is 19.1. The number of pyridine rings is 2. The van der Waals surface area contributed by atoms with Gasteiger partial charge in [0.25, 0.3) is 0 Å². The molecule has 4 aromatic heterocycles. The monoisotopic (exact) mass is 510 g/mol. The number of carboxylic acid groups (broad SMARTS) is 1. The molecule has 1 N–H and O–H groups in total. The van der Waals surface area contributed by atoms with Gasteiger partial charge in [-0.3, -0.25) is 9.97 Å². The SMILES string of the molecule is Cc1noc(C)c1-c1cnc2c(-c3ccc(C(=O)O)c(F)c3)cn(C(c3ccccn3)C3CCCC3)c2c1. The van der Waals surface area contributed by atoms with Crippen molar-refractivity contribution in [3.05, 3.63) is 89.6 Å². The molecule has 8 heteroatoms. The smallest absolute Gasteiger partial charge is 0.338 e. The number of carbonyl (C=O) groups is 1. The molecule has 5 aromatic rings. The van der Waals surface area contributed by atoms with E-state index in [0.717, 1.165) is 46.4 Å². The molecule has 1 aliphatic carbocycles. The van der Waals surface area contributed by atoms with Crippen molar-refractivity contribution in [2.45, 2.75) is 45.6 Å². The first-order valence-electron chi connectivity index (χ1n) is 12.8. The van der Waals surface area contributed by atoms with E-state index in [1.165, 1.54) is 25.0 Å². The number of aromatic carboxylic acids is 1. The highest BCUT2D eigenvalue weighted by molar-refractivity contribution is 5.96. The van der Waals surface area contributed by atoms with E-state index in [9.17, 15) is 14.3 Å². The van der Waals surface area contributed by atoms with Crippen molar-refractivity contribution >= 4 is 17.0 Å². The molecule has 1 unspecified atom stereocenters. The minimum Gasteiger partial charge on any atom is -0.478 e. The fourth-order valence-electron chi connectivity index (χ4n) is 5.89. The summed E-state index contributed by atoms with van der Waals surface area (Å²) >= 11 is 0. The molecular formula is C30H27FN4O3. The fourth-order valence-corrected chi connectivity index (χ4v) is 5.89. The maximum atomic E-state index is 14.8. The third-order valence-electron chi connectivity index (χ3n) is 7.64. The van der Waals surface area contributed by atoms with Crippen molar-refractivity contribution < 1.29 is 18.8 Å². The van der Waals surface area contributed by atoms with E-state index < -0.39 is 11.8 Å². The summed E-state index contributed by atoms with van der Waals surface area (Å²) in [5.41, 5.74) is 6.09. The predicted octanol–water partition coefficient (Wildman–Crippen LogP) is 6.99. The molecule has 1 atom stereocenters. The minimum atomic E-state index is -1.30. The van der Waals surface area contributed by atoms with Gasteiger partial charge in [0, 0.05) is 35.3 Å². The van der Waals surface area contributed by atoms with Crippen LogP contribution in [0, 0.1) is 25.6 Å². The molecule has 0 radical (unpaired) electrons. The summed E-state index contributed by atoms with van der Waals surface area (Å²) in [5, 5.41) is 13.4. The number of carboxylic acids is 1. The van der Waals surface area contributed by atoms with Crippen molar-refractivity contribution in [1.82, 2.24) is 19.7 Å². The molecule has 0 saturated heterocycles. The second-order valence-corrected chi connectivity index (χ2v) is 9.98. The number of benzene rings is 1. The van der Waals surface area contributed by atoms with Crippen LogP contribution in [0.5, 0.6) is 0 Å². The molecule has 1 fully saturated rings. The quantitative estimate of drug-likeness (QED) is 0.265. The van der Waals surface area contributed by atoms with Gasteiger partial charge in [-0.25, -0.2) is 9.18 Å². The van der Waals surface area contributed by atoms with Gasteiger partial charge in [-0.05, 0) is 68.5 Å². The molecule has 6 rings (SSSR count). The number of aryl methyl sites for hydroxylation is 2. The van der Waals surface area contributed by atoms with Gasteiger partial charge in [-0.2, -0.15) is 0 Å². The summed E-state index contributed by atoms with van der Waals surface area (Å²) in [5.74, 6) is -0.969. The molecule has 38 heavy (non-hydrogen) atoms. The van der Waals surface area contributed by atoms with E-state index in [2.05, 4.69) is 21.9 Å². The van der Waals surface area contributed by atoms with Gasteiger partial charge in [0.15, 0.2) is 0 Å². The fraction of sp³-hybridized carbons (Fsp3) is 0.267. The predicted molar refractivity (Wildman–Crippen MR) is 141 cm³/mol. The largest absolute Gasteiger partial charge is 0.478 e. The Morgan fingerprint density at radius 3 is 2.58 bits per heavy atom. The van der Waals surface area contributed by atoms with Crippen molar-refractivity contribution in [1.29, 1.82) is 0 Å². The van der Waals surface area contributed by atoms with Gasteiger partial charge in [-0.15, -0.1) is 0 Å². The summed E-state index contributed by atoms with van der Waals surface area (Å²) in [6.07, 6.45) is 10.1. The Kier molecular flexibility index (Phi) is 6.02. The van der Waals surface area contributed by atoms with Crippen LogP contribution in [0.15, 0.2) is 65.6 Å². The van der Waals surface area contributed by atoms with Crippen LogP contribution in [0.3, 0.4) is 0 Å². The van der Waals surface area contributed by atoms with Crippen molar-refractivity contribution in [2.24, 2.45) is 5.92 Å². The second kappa shape index (κ2) is 9.52. The van der Waals surface area contributed by atoms with E-state index in [4.69, 9.17) is 14.5 Å². The van der Waals surface area contributed by atoms with E-state index in [1.54, 1.807) is 12.3 Å². The number of halogens is 1. The van der Waals surface area contributed by atoms with E-state index >= 15 is 0 Å². The zero-order valence-electron chi connectivity index (χ0n) is 21.2. The van der Waals surface area contributed by atoms with Crippen molar-refractivity contribution in [3.8, 4) is 22.3 Å². The second-order valence-electron chi connectivity index (χ2n) is 9.98. The first-order chi connectivity index (χ1) is 18.4.